The van der Waals surface area contributed by atoms with E-state index in [4.69, 9.17) is 0 Å². The average Bonchev–Trinajstić information content (AvgIpc) is 2.29. The normalized spacial score (nSPS) is 12.9. The number of alkyl halides is 1. The fraction of sp³-hybridized carbons (Fsp3) is 1.00. The Kier molecular flexibility index (Phi) is 12.9. The van der Waals surface area contributed by atoms with E-state index < -0.39 is 6.17 Å². The highest BCUT2D eigenvalue weighted by atomic mass is 19.1. The molecule has 0 fully saturated rings. The van der Waals surface area contributed by atoms with Gasteiger partial charge in [-0.05, 0) is 12.8 Å². The van der Waals surface area contributed by atoms with Gasteiger partial charge in [-0.1, -0.05) is 78.1 Å². The van der Waals surface area contributed by atoms with Crippen molar-refractivity contribution in [2.75, 3.05) is 0 Å². The molecule has 0 N–H and O–H groups in total. The fourth-order valence-electron chi connectivity index (χ4n) is 2.08. The molecular weight excluding hydrogens is 199 g/mol. The number of unbranched alkanes of at least 4 members (excludes halogenated alkanes) is 8. The van der Waals surface area contributed by atoms with E-state index in [0.717, 1.165) is 25.7 Å². The molecule has 0 aliphatic heterocycles. The van der Waals surface area contributed by atoms with Crippen molar-refractivity contribution in [3.05, 3.63) is 0 Å². The lowest BCUT2D eigenvalue weighted by atomic mass is 10.0. The van der Waals surface area contributed by atoms with Crippen LogP contribution in [0.2, 0.25) is 0 Å². The minimum absolute atomic E-state index is 0.525. The molecule has 0 aromatic rings. The van der Waals surface area contributed by atoms with Gasteiger partial charge in [0.2, 0.25) is 0 Å². The molecular formula is C15H31F. The molecule has 1 atom stereocenters. The summed E-state index contributed by atoms with van der Waals surface area (Å²) in [5, 5.41) is 0. The molecule has 0 bridgehead atoms. The van der Waals surface area contributed by atoms with Crippen LogP contribution in [-0.2, 0) is 0 Å². The van der Waals surface area contributed by atoms with Crippen LogP contribution in [0.25, 0.3) is 0 Å². The highest BCUT2D eigenvalue weighted by Crippen LogP contribution is 2.15. The van der Waals surface area contributed by atoms with Crippen LogP contribution in [0.4, 0.5) is 4.39 Å². The minimum Gasteiger partial charge on any atom is -0.247 e. The van der Waals surface area contributed by atoms with Crippen molar-refractivity contribution < 1.29 is 4.39 Å². The van der Waals surface area contributed by atoms with E-state index in [9.17, 15) is 4.39 Å². The molecule has 1 heteroatoms. The third-order valence-corrected chi connectivity index (χ3v) is 3.24. The van der Waals surface area contributed by atoms with Crippen LogP contribution < -0.4 is 0 Å². The highest BCUT2D eigenvalue weighted by molar-refractivity contribution is 4.57. The first-order chi connectivity index (χ1) is 7.81. The Bertz CT molecular complexity index is 123. The lowest BCUT2D eigenvalue weighted by molar-refractivity contribution is 0.279. The Morgan fingerprint density at radius 2 is 1.00 bits per heavy atom. The van der Waals surface area contributed by atoms with Gasteiger partial charge in [0.1, 0.15) is 6.17 Å². The molecule has 1 unspecified atom stereocenters. The maximum atomic E-state index is 13.4. The molecule has 0 spiro atoms. The number of rotatable bonds is 12. The van der Waals surface area contributed by atoms with Crippen molar-refractivity contribution in [2.24, 2.45) is 0 Å². The molecule has 0 aliphatic carbocycles. The molecule has 0 heterocycles. The van der Waals surface area contributed by atoms with Gasteiger partial charge in [0, 0.05) is 0 Å². The van der Waals surface area contributed by atoms with E-state index in [1.165, 1.54) is 51.4 Å². The summed E-state index contributed by atoms with van der Waals surface area (Å²) in [7, 11) is 0. The Morgan fingerprint density at radius 1 is 0.625 bits per heavy atom. The SMILES string of the molecule is CCCCCCCCC(F)CCCCCC. The Morgan fingerprint density at radius 3 is 1.50 bits per heavy atom. The predicted octanol–water partition coefficient (Wildman–Crippen LogP) is 6.05. The Balaban J connectivity index is 3.08. The molecule has 0 nitrogen and oxygen atoms in total. The first-order valence-corrected chi connectivity index (χ1v) is 7.45. The molecule has 0 aromatic heterocycles. The summed E-state index contributed by atoms with van der Waals surface area (Å²) in [6.07, 6.45) is 13.5. The zero-order chi connectivity index (χ0) is 12.1. The first-order valence-electron chi connectivity index (χ1n) is 7.45. The van der Waals surface area contributed by atoms with Gasteiger partial charge in [-0.25, -0.2) is 4.39 Å². The van der Waals surface area contributed by atoms with Gasteiger partial charge in [0.25, 0.3) is 0 Å². The van der Waals surface area contributed by atoms with E-state index in [2.05, 4.69) is 13.8 Å². The third-order valence-electron chi connectivity index (χ3n) is 3.24. The standard InChI is InChI=1S/C15H31F/c1-3-5-7-9-10-12-14-15(16)13-11-8-6-4-2/h15H,3-14H2,1-2H3. The van der Waals surface area contributed by atoms with Gasteiger partial charge < -0.3 is 0 Å². The molecule has 0 radical (unpaired) electrons. The van der Waals surface area contributed by atoms with Gasteiger partial charge in [-0.2, -0.15) is 0 Å². The minimum atomic E-state index is -0.525. The summed E-state index contributed by atoms with van der Waals surface area (Å²) in [4.78, 5) is 0. The van der Waals surface area contributed by atoms with Crippen LogP contribution in [0.1, 0.15) is 90.9 Å². The number of hydrogen-bond acceptors (Lipinski definition) is 0. The second-order valence-electron chi connectivity index (χ2n) is 5.00. The van der Waals surface area contributed by atoms with E-state index in [1.807, 2.05) is 0 Å². The molecule has 0 saturated heterocycles. The van der Waals surface area contributed by atoms with Gasteiger partial charge in [0.05, 0.1) is 0 Å². The summed E-state index contributed by atoms with van der Waals surface area (Å²) in [6, 6.07) is 0. The summed E-state index contributed by atoms with van der Waals surface area (Å²) >= 11 is 0. The zero-order valence-corrected chi connectivity index (χ0v) is 11.4. The fourth-order valence-corrected chi connectivity index (χ4v) is 2.08. The van der Waals surface area contributed by atoms with Crippen LogP contribution in [0.3, 0.4) is 0 Å². The second-order valence-corrected chi connectivity index (χ2v) is 5.00. The van der Waals surface area contributed by atoms with E-state index in [1.54, 1.807) is 0 Å². The second kappa shape index (κ2) is 13.0. The predicted molar refractivity (Wildman–Crippen MR) is 71.6 cm³/mol. The zero-order valence-electron chi connectivity index (χ0n) is 11.4. The third kappa shape index (κ3) is 12.0. The van der Waals surface area contributed by atoms with Gasteiger partial charge >= 0.3 is 0 Å². The van der Waals surface area contributed by atoms with Crippen LogP contribution in [0, 0.1) is 0 Å². The quantitative estimate of drug-likeness (QED) is 0.358. The average molecular weight is 230 g/mol. The van der Waals surface area contributed by atoms with E-state index in [0.29, 0.717) is 0 Å². The largest absolute Gasteiger partial charge is 0.247 e. The summed E-state index contributed by atoms with van der Waals surface area (Å²) in [5.74, 6) is 0. The maximum Gasteiger partial charge on any atom is 0.100 e. The number of halogens is 1. The molecule has 0 aromatic carbocycles. The summed E-state index contributed by atoms with van der Waals surface area (Å²) < 4.78 is 13.4. The van der Waals surface area contributed by atoms with Crippen molar-refractivity contribution in [1.82, 2.24) is 0 Å². The smallest absolute Gasteiger partial charge is 0.100 e. The molecule has 16 heavy (non-hydrogen) atoms. The van der Waals surface area contributed by atoms with Crippen LogP contribution in [-0.4, -0.2) is 6.17 Å². The van der Waals surface area contributed by atoms with Gasteiger partial charge in [-0.3, -0.25) is 0 Å². The van der Waals surface area contributed by atoms with E-state index in [-0.39, 0.29) is 0 Å². The first kappa shape index (κ1) is 15.9. The molecule has 98 valence electrons. The van der Waals surface area contributed by atoms with Crippen LogP contribution >= 0.6 is 0 Å². The number of hydrogen-bond donors (Lipinski definition) is 0. The monoisotopic (exact) mass is 230 g/mol. The lowest BCUT2D eigenvalue weighted by Gasteiger charge is -2.07. The van der Waals surface area contributed by atoms with Gasteiger partial charge in [-0.15, -0.1) is 0 Å². The van der Waals surface area contributed by atoms with Gasteiger partial charge in [0.15, 0.2) is 0 Å². The molecule has 0 saturated carbocycles. The molecule has 0 aliphatic rings. The van der Waals surface area contributed by atoms with Crippen LogP contribution in [0.15, 0.2) is 0 Å². The summed E-state index contributed by atoms with van der Waals surface area (Å²) in [5.41, 5.74) is 0. The Hall–Kier alpha value is -0.0700. The maximum absolute atomic E-state index is 13.4. The van der Waals surface area contributed by atoms with Crippen molar-refractivity contribution in [2.45, 2.75) is 97.1 Å². The highest BCUT2D eigenvalue weighted by Gasteiger charge is 2.05. The topological polar surface area (TPSA) is 0 Å². The molecule has 0 rings (SSSR count). The van der Waals surface area contributed by atoms with Crippen LogP contribution in [0.5, 0.6) is 0 Å². The van der Waals surface area contributed by atoms with Crippen molar-refractivity contribution in [3.8, 4) is 0 Å². The van der Waals surface area contributed by atoms with Crippen molar-refractivity contribution >= 4 is 0 Å². The van der Waals surface area contributed by atoms with Crippen molar-refractivity contribution in [3.63, 3.8) is 0 Å². The van der Waals surface area contributed by atoms with Crippen molar-refractivity contribution in [1.29, 1.82) is 0 Å². The summed E-state index contributed by atoms with van der Waals surface area (Å²) in [6.45, 7) is 4.43. The lowest BCUT2D eigenvalue weighted by Crippen LogP contribution is -1.99. The van der Waals surface area contributed by atoms with E-state index >= 15 is 0 Å². The Labute approximate surface area is 102 Å². The molecule has 0 amide bonds.